The van der Waals surface area contributed by atoms with E-state index in [1.54, 1.807) is 35.5 Å². The number of methoxy groups -OCH3 is 1. The number of carbonyl (C=O) groups is 2. The minimum Gasteiger partial charge on any atom is -0.383 e. The number of hydrogen-bond donors (Lipinski definition) is 0. The molecule has 31 heavy (non-hydrogen) atoms. The molecule has 168 valence electrons. The molecule has 1 unspecified atom stereocenters. The lowest BCUT2D eigenvalue weighted by atomic mass is 9.91. The van der Waals surface area contributed by atoms with Gasteiger partial charge in [0.2, 0.25) is 11.8 Å². The summed E-state index contributed by atoms with van der Waals surface area (Å²) in [5.74, 6) is -0.463. The number of amides is 2. The van der Waals surface area contributed by atoms with E-state index < -0.39 is 0 Å². The molecule has 0 spiro atoms. The van der Waals surface area contributed by atoms with Gasteiger partial charge in [0.25, 0.3) is 0 Å². The molecule has 0 N–H and O–H groups in total. The van der Waals surface area contributed by atoms with Crippen molar-refractivity contribution >= 4 is 23.2 Å². The monoisotopic (exact) mass is 446 g/mol. The summed E-state index contributed by atoms with van der Waals surface area (Å²) < 4.78 is 18.7. The number of hydrogen-bond acceptors (Lipinski definition) is 4. The Kier molecular flexibility index (Phi) is 7.49. The molecule has 0 radical (unpaired) electrons. The van der Waals surface area contributed by atoms with Crippen LogP contribution in [0.1, 0.15) is 49.2 Å². The first-order chi connectivity index (χ1) is 14.7. The first-order valence-corrected chi connectivity index (χ1v) is 11.5. The molecule has 0 saturated heterocycles. The van der Waals surface area contributed by atoms with E-state index in [9.17, 15) is 14.0 Å². The van der Waals surface area contributed by atoms with E-state index in [0.717, 1.165) is 17.5 Å². The van der Waals surface area contributed by atoms with E-state index in [1.807, 2.05) is 37.1 Å². The summed E-state index contributed by atoms with van der Waals surface area (Å²) in [7, 11) is 1.58. The van der Waals surface area contributed by atoms with Gasteiger partial charge in [0.05, 0.1) is 19.2 Å². The van der Waals surface area contributed by atoms with Gasteiger partial charge >= 0.3 is 0 Å². The van der Waals surface area contributed by atoms with Crippen LogP contribution in [0.25, 0.3) is 0 Å². The second-order valence-electron chi connectivity index (χ2n) is 9.14. The number of nitrogens with zero attached hydrogens (tertiary/aromatic N) is 2. The average Bonchev–Trinajstić information content (AvgIpc) is 3.18. The average molecular weight is 447 g/mol. The fourth-order valence-corrected chi connectivity index (χ4v) is 4.81. The Hall–Kier alpha value is -2.25. The third-order valence-corrected chi connectivity index (χ3v) is 6.39. The van der Waals surface area contributed by atoms with Crippen molar-refractivity contribution < 1.29 is 18.7 Å². The van der Waals surface area contributed by atoms with Crippen LogP contribution in [0.5, 0.6) is 0 Å². The fraction of sp³-hybridized carbons (Fsp3) is 0.500. The highest BCUT2D eigenvalue weighted by Gasteiger charge is 2.34. The van der Waals surface area contributed by atoms with Crippen LogP contribution in [-0.4, -0.2) is 55.0 Å². The number of thiophene rings is 1. The third kappa shape index (κ3) is 5.92. The van der Waals surface area contributed by atoms with E-state index >= 15 is 0 Å². The van der Waals surface area contributed by atoms with E-state index in [2.05, 4.69) is 0 Å². The van der Waals surface area contributed by atoms with Crippen LogP contribution >= 0.6 is 11.3 Å². The summed E-state index contributed by atoms with van der Waals surface area (Å²) in [4.78, 5) is 31.0. The molecule has 1 aromatic carbocycles. The van der Waals surface area contributed by atoms with Gasteiger partial charge in [0, 0.05) is 31.5 Å². The van der Waals surface area contributed by atoms with Gasteiger partial charge in [0.15, 0.2) is 0 Å². The summed E-state index contributed by atoms with van der Waals surface area (Å²) in [6.07, 6.45) is 1.14. The molecule has 1 aromatic heterocycles. The molecule has 0 aliphatic carbocycles. The minimum absolute atomic E-state index is 0.00936. The maximum absolute atomic E-state index is 13.5. The highest BCUT2D eigenvalue weighted by Crippen LogP contribution is 2.38. The molecule has 2 aromatic rings. The van der Waals surface area contributed by atoms with Crippen molar-refractivity contribution in [2.45, 2.75) is 39.7 Å². The van der Waals surface area contributed by atoms with Gasteiger partial charge < -0.3 is 14.5 Å². The Balaban J connectivity index is 1.85. The van der Waals surface area contributed by atoms with Gasteiger partial charge in [-0.15, -0.1) is 11.3 Å². The van der Waals surface area contributed by atoms with Gasteiger partial charge in [-0.2, -0.15) is 0 Å². The molecular weight excluding hydrogens is 415 g/mol. The van der Waals surface area contributed by atoms with Gasteiger partial charge in [-0.1, -0.05) is 32.9 Å². The molecule has 0 saturated carbocycles. The highest BCUT2D eigenvalue weighted by molar-refractivity contribution is 7.10. The molecule has 3 rings (SSSR count). The van der Waals surface area contributed by atoms with Crippen molar-refractivity contribution in [2.24, 2.45) is 5.41 Å². The predicted octanol–water partition coefficient (Wildman–Crippen LogP) is 4.27. The topological polar surface area (TPSA) is 49.9 Å². The highest BCUT2D eigenvalue weighted by atomic mass is 32.1. The zero-order chi connectivity index (χ0) is 22.6. The maximum Gasteiger partial charge on any atom is 0.242 e. The van der Waals surface area contributed by atoms with Crippen LogP contribution in [0.2, 0.25) is 0 Å². The summed E-state index contributed by atoms with van der Waals surface area (Å²) in [5.41, 5.74) is 1.79. The Morgan fingerprint density at radius 2 is 1.94 bits per heavy atom. The molecule has 0 bridgehead atoms. The van der Waals surface area contributed by atoms with Crippen LogP contribution < -0.4 is 0 Å². The summed E-state index contributed by atoms with van der Waals surface area (Å²) in [5, 5.41) is 2.03. The Bertz CT molecular complexity index is 904. The van der Waals surface area contributed by atoms with E-state index in [0.29, 0.717) is 26.1 Å². The molecule has 0 fully saturated rings. The predicted molar refractivity (Wildman–Crippen MR) is 121 cm³/mol. The van der Waals surface area contributed by atoms with E-state index in [-0.39, 0.29) is 35.6 Å². The van der Waals surface area contributed by atoms with Crippen molar-refractivity contribution in [3.05, 3.63) is 57.5 Å². The number of benzene rings is 1. The van der Waals surface area contributed by atoms with Gasteiger partial charge in [-0.05, 0) is 46.5 Å². The normalized spacial score (nSPS) is 16.2. The van der Waals surface area contributed by atoms with E-state index in [4.69, 9.17) is 4.74 Å². The molecule has 1 atom stereocenters. The first kappa shape index (κ1) is 23.4. The quantitative estimate of drug-likeness (QED) is 0.638. The van der Waals surface area contributed by atoms with E-state index in [1.165, 1.54) is 17.0 Å². The molecule has 7 heteroatoms. The SMILES string of the molecule is COCCN(CC(=O)N1CCc2sccc2C1c1ccc(F)cc1)C(=O)CC(C)(C)C. The van der Waals surface area contributed by atoms with Crippen molar-refractivity contribution in [3.63, 3.8) is 0 Å². The molecule has 1 aliphatic rings. The standard InChI is InChI=1S/C24H31FN2O3S/c1-24(2,3)15-21(28)26(12-13-30-4)16-22(29)27-11-9-20-19(10-14-31-20)23(27)17-5-7-18(25)8-6-17/h5-8,10,14,23H,9,11-13,15-16H2,1-4H3. The summed E-state index contributed by atoms with van der Waals surface area (Å²) in [6.45, 7) is 7.35. The summed E-state index contributed by atoms with van der Waals surface area (Å²) >= 11 is 1.68. The number of carbonyl (C=O) groups excluding carboxylic acids is 2. The maximum atomic E-state index is 13.5. The molecule has 2 amide bonds. The van der Waals surface area contributed by atoms with Crippen LogP contribution in [0.4, 0.5) is 4.39 Å². The number of halogens is 1. The Morgan fingerprint density at radius 1 is 1.23 bits per heavy atom. The van der Waals surface area contributed by atoms with Crippen LogP contribution in [0.3, 0.4) is 0 Å². The fourth-order valence-electron chi connectivity index (χ4n) is 3.90. The number of ether oxygens (including phenoxy) is 1. The van der Waals surface area contributed by atoms with Gasteiger partial charge in [-0.3, -0.25) is 9.59 Å². The largest absolute Gasteiger partial charge is 0.383 e. The second kappa shape index (κ2) is 9.92. The number of fused-ring (bicyclic) bond motifs is 1. The third-order valence-electron chi connectivity index (χ3n) is 5.40. The minimum atomic E-state index is -0.304. The lowest BCUT2D eigenvalue weighted by molar-refractivity contribution is -0.143. The van der Waals surface area contributed by atoms with Gasteiger partial charge in [0.1, 0.15) is 5.82 Å². The van der Waals surface area contributed by atoms with Gasteiger partial charge in [-0.25, -0.2) is 4.39 Å². The Labute approximate surface area is 187 Å². The lowest BCUT2D eigenvalue weighted by Gasteiger charge is -2.38. The lowest BCUT2D eigenvalue weighted by Crippen LogP contribution is -2.48. The van der Waals surface area contributed by atoms with Crippen LogP contribution in [0.15, 0.2) is 35.7 Å². The smallest absolute Gasteiger partial charge is 0.242 e. The van der Waals surface area contributed by atoms with Crippen molar-refractivity contribution in [1.82, 2.24) is 9.80 Å². The van der Waals surface area contributed by atoms with Crippen molar-refractivity contribution in [1.29, 1.82) is 0 Å². The van der Waals surface area contributed by atoms with Crippen LogP contribution in [-0.2, 0) is 20.7 Å². The molecule has 5 nitrogen and oxygen atoms in total. The zero-order valence-corrected chi connectivity index (χ0v) is 19.5. The molecule has 2 heterocycles. The molecular formula is C24H31FN2O3S. The van der Waals surface area contributed by atoms with Crippen molar-refractivity contribution in [3.8, 4) is 0 Å². The van der Waals surface area contributed by atoms with Crippen LogP contribution in [0, 0.1) is 11.2 Å². The molecule has 1 aliphatic heterocycles. The zero-order valence-electron chi connectivity index (χ0n) is 18.7. The Morgan fingerprint density at radius 3 is 2.58 bits per heavy atom. The first-order valence-electron chi connectivity index (χ1n) is 10.6. The number of rotatable bonds is 7. The van der Waals surface area contributed by atoms with Crippen molar-refractivity contribution in [2.75, 3.05) is 33.4 Å². The summed E-state index contributed by atoms with van der Waals surface area (Å²) in [6, 6.07) is 8.10. The second-order valence-corrected chi connectivity index (χ2v) is 10.1.